The van der Waals surface area contributed by atoms with E-state index in [1.165, 1.54) is 0 Å². The quantitative estimate of drug-likeness (QED) is 0.870. The average molecular weight is 234 g/mol. The smallest absolute Gasteiger partial charge is 0.267 e. The number of carbonyl (C=O) groups is 1. The highest BCUT2D eigenvalue weighted by Gasteiger charge is 2.30. The molecule has 0 aliphatic heterocycles. The number of nitrogens with two attached hydrogens (primary N) is 1. The Labute approximate surface area is 101 Å². The molecule has 0 atom stereocenters. The molecule has 0 radical (unpaired) electrons. The van der Waals surface area contributed by atoms with Gasteiger partial charge in [0.1, 0.15) is 11.4 Å². The third kappa shape index (κ3) is 2.57. The largest absolute Gasteiger partial charge is 0.490 e. The van der Waals surface area contributed by atoms with Gasteiger partial charge in [0.2, 0.25) is 0 Å². The number of carbonyl (C=O) groups excluding carboxylic acids is 1. The monoisotopic (exact) mass is 234 g/mol. The SMILES string of the molecule is CC(C)(C)c1c(OC2CC2)ccnc1C(N)=O. The summed E-state index contributed by atoms with van der Waals surface area (Å²) in [6.45, 7) is 6.07. The van der Waals surface area contributed by atoms with Gasteiger partial charge in [0.25, 0.3) is 5.91 Å². The first kappa shape index (κ1) is 11.9. The minimum Gasteiger partial charge on any atom is -0.490 e. The Bertz CT molecular complexity index is 445. The maximum Gasteiger partial charge on any atom is 0.267 e. The lowest BCUT2D eigenvalue weighted by Crippen LogP contribution is -2.24. The molecule has 1 aromatic rings. The van der Waals surface area contributed by atoms with Crippen LogP contribution in [0.4, 0.5) is 0 Å². The van der Waals surface area contributed by atoms with Crippen molar-refractivity contribution >= 4 is 5.91 Å². The molecule has 2 rings (SSSR count). The van der Waals surface area contributed by atoms with Crippen LogP contribution >= 0.6 is 0 Å². The molecule has 1 fully saturated rings. The summed E-state index contributed by atoms with van der Waals surface area (Å²) in [5, 5.41) is 0. The van der Waals surface area contributed by atoms with Gasteiger partial charge in [0, 0.05) is 11.8 Å². The van der Waals surface area contributed by atoms with E-state index in [1.807, 2.05) is 26.8 Å². The molecule has 4 nitrogen and oxygen atoms in total. The fraction of sp³-hybridized carbons (Fsp3) is 0.538. The summed E-state index contributed by atoms with van der Waals surface area (Å²) in [5.74, 6) is 0.236. The molecule has 1 aliphatic rings. The Balaban J connectivity index is 2.49. The second-order valence-electron chi connectivity index (χ2n) is 5.46. The normalized spacial score (nSPS) is 15.7. The highest BCUT2D eigenvalue weighted by atomic mass is 16.5. The molecule has 1 heterocycles. The molecule has 0 aromatic carbocycles. The number of rotatable bonds is 3. The van der Waals surface area contributed by atoms with E-state index in [0.717, 1.165) is 24.2 Å². The van der Waals surface area contributed by atoms with E-state index in [2.05, 4.69) is 4.98 Å². The zero-order chi connectivity index (χ0) is 12.6. The van der Waals surface area contributed by atoms with Crippen LogP contribution in [0.2, 0.25) is 0 Å². The van der Waals surface area contributed by atoms with Crippen molar-refractivity contribution in [1.82, 2.24) is 4.98 Å². The number of pyridine rings is 1. The van der Waals surface area contributed by atoms with Crippen molar-refractivity contribution < 1.29 is 9.53 Å². The van der Waals surface area contributed by atoms with E-state index in [-0.39, 0.29) is 5.41 Å². The molecule has 0 spiro atoms. The molecule has 0 saturated heterocycles. The maximum absolute atomic E-state index is 11.4. The minimum absolute atomic E-state index is 0.219. The van der Waals surface area contributed by atoms with Crippen LogP contribution in [0.1, 0.15) is 49.7 Å². The van der Waals surface area contributed by atoms with Gasteiger partial charge in [0.05, 0.1) is 6.10 Å². The Hall–Kier alpha value is -1.58. The Morgan fingerprint density at radius 1 is 1.47 bits per heavy atom. The van der Waals surface area contributed by atoms with Crippen LogP contribution in [-0.4, -0.2) is 17.0 Å². The number of hydrogen-bond donors (Lipinski definition) is 1. The second-order valence-corrected chi connectivity index (χ2v) is 5.46. The molecule has 92 valence electrons. The third-order valence-electron chi connectivity index (χ3n) is 2.71. The predicted octanol–water partition coefficient (Wildman–Crippen LogP) is 2.02. The van der Waals surface area contributed by atoms with Gasteiger partial charge in [-0.2, -0.15) is 0 Å². The van der Waals surface area contributed by atoms with E-state index in [9.17, 15) is 4.79 Å². The van der Waals surface area contributed by atoms with Crippen molar-refractivity contribution in [2.24, 2.45) is 5.73 Å². The minimum atomic E-state index is -0.504. The molecule has 4 heteroatoms. The first-order valence-corrected chi connectivity index (χ1v) is 5.85. The summed E-state index contributed by atoms with van der Waals surface area (Å²) >= 11 is 0. The van der Waals surface area contributed by atoms with Gasteiger partial charge in [-0.3, -0.25) is 9.78 Å². The lowest BCUT2D eigenvalue weighted by Gasteiger charge is -2.24. The number of primary amides is 1. The summed E-state index contributed by atoms with van der Waals surface area (Å²) in [5.41, 5.74) is 6.27. The fourth-order valence-electron chi connectivity index (χ4n) is 1.82. The maximum atomic E-state index is 11.4. The topological polar surface area (TPSA) is 65.2 Å². The van der Waals surface area contributed by atoms with Crippen molar-refractivity contribution in [2.75, 3.05) is 0 Å². The van der Waals surface area contributed by atoms with Crippen LogP contribution in [0, 0.1) is 0 Å². The van der Waals surface area contributed by atoms with Gasteiger partial charge >= 0.3 is 0 Å². The molecule has 1 saturated carbocycles. The Morgan fingerprint density at radius 3 is 2.59 bits per heavy atom. The van der Waals surface area contributed by atoms with Gasteiger partial charge in [-0.1, -0.05) is 20.8 Å². The molecule has 0 bridgehead atoms. The molecular weight excluding hydrogens is 216 g/mol. The van der Waals surface area contributed by atoms with Crippen LogP contribution in [0.3, 0.4) is 0 Å². The summed E-state index contributed by atoms with van der Waals surface area (Å²) in [6, 6.07) is 1.81. The van der Waals surface area contributed by atoms with E-state index in [0.29, 0.717) is 11.8 Å². The van der Waals surface area contributed by atoms with Crippen LogP contribution in [0.5, 0.6) is 5.75 Å². The zero-order valence-electron chi connectivity index (χ0n) is 10.5. The highest BCUT2D eigenvalue weighted by molar-refractivity contribution is 5.93. The second kappa shape index (κ2) is 4.02. The van der Waals surface area contributed by atoms with Crippen molar-refractivity contribution in [3.05, 3.63) is 23.5 Å². The van der Waals surface area contributed by atoms with Crippen molar-refractivity contribution in [1.29, 1.82) is 0 Å². The van der Waals surface area contributed by atoms with E-state index in [4.69, 9.17) is 10.5 Å². The van der Waals surface area contributed by atoms with Crippen LogP contribution in [0.15, 0.2) is 12.3 Å². The fourth-order valence-corrected chi connectivity index (χ4v) is 1.82. The lowest BCUT2D eigenvalue weighted by molar-refractivity contribution is 0.0992. The standard InChI is InChI=1S/C13H18N2O2/c1-13(2,3)10-9(17-8-4-5-8)6-7-15-11(10)12(14)16/h6-8H,4-5H2,1-3H3,(H2,14,16). The number of amides is 1. The average Bonchev–Trinajstić information content (AvgIpc) is 2.99. The Kier molecular flexibility index (Phi) is 2.81. The molecule has 1 aromatic heterocycles. The molecule has 17 heavy (non-hydrogen) atoms. The number of ether oxygens (including phenoxy) is 1. The molecule has 1 amide bonds. The highest BCUT2D eigenvalue weighted by Crippen LogP contribution is 2.36. The Morgan fingerprint density at radius 2 is 2.12 bits per heavy atom. The summed E-state index contributed by atoms with van der Waals surface area (Å²) in [4.78, 5) is 15.5. The number of nitrogens with zero attached hydrogens (tertiary/aromatic N) is 1. The van der Waals surface area contributed by atoms with Crippen molar-refractivity contribution in [3.63, 3.8) is 0 Å². The molecule has 1 aliphatic carbocycles. The van der Waals surface area contributed by atoms with Gasteiger partial charge in [0.15, 0.2) is 0 Å². The zero-order valence-corrected chi connectivity index (χ0v) is 10.5. The summed E-state index contributed by atoms with van der Waals surface area (Å²) in [7, 11) is 0. The first-order chi connectivity index (χ1) is 7.89. The summed E-state index contributed by atoms with van der Waals surface area (Å²) in [6.07, 6.45) is 4.03. The lowest BCUT2D eigenvalue weighted by atomic mass is 9.85. The third-order valence-corrected chi connectivity index (χ3v) is 2.71. The van der Waals surface area contributed by atoms with Crippen LogP contribution < -0.4 is 10.5 Å². The van der Waals surface area contributed by atoms with E-state index in [1.54, 1.807) is 6.20 Å². The van der Waals surface area contributed by atoms with E-state index < -0.39 is 5.91 Å². The predicted molar refractivity (Wildman–Crippen MR) is 65.1 cm³/mol. The van der Waals surface area contributed by atoms with E-state index >= 15 is 0 Å². The number of hydrogen-bond acceptors (Lipinski definition) is 3. The van der Waals surface area contributed by atoms with Gasteiger partial charge < -0.3 is 10.5 Å². The molecular formula is C13H18N2O2. The first-order valence-electron chi connectivity index (χ1n) is 5.85. The summed E-state index contributed by atoms with van der Waals surface area (Å²) < 4.78 is 5.83. The molecule has 2 N–H and O–H groups in total. The number of aromatic nitrogens is 1. The molecule has 0 unspecified atom stereocenters. The van der Waals surface area contributed by atoms with Gasteiger partial charge in [-0.25, -0.2) is 0 Å². The van der Waals surface area contributed by atoms with Gasteiger partial charge in [-0.15, -0.1) is 0 Å². The van der Waals surface area contributed by atoms with Crippen LogP contribution in [-0.2, 0) is 5.41 Å². The van der Waals surface area contributed by atoms with Crippen molar-refractivity contribution in [3.8, 4) is 5.75 Å². The van der Waals surface area contributed by atoms with Crippen LogP contribution in [0.25, 0.3) is 0 Å². The van der Waals surface area contributed by atoms with Crippen molar-refractivity contribution in [2.45, 2.75) is 45.1 Å². The van der Waals surface area contributed by atoms with Gasteiger partial charge in [-0.05, 0) is 24.3 Å².